The van der Waals surface area contributed by atoms with E-state index >= 15 is 0 Å². The van der Waals surface area contributed by atoms with Crippen LogP contribution in [0.4, 0.5) is 9.93 Å². The van der Waals surface area contributed by atoms with E-state index in [2.05, 4.69) is 15.6 Å². The lowest BCUT2D eigenvalue weighted by molar-refractivity contribution is 0.0967. The van der Waals surface area contributed by atoms with E-state index in [1.165, 1.54) is 23.5 Å². The predicted octanol–water partition coefficient (Wildman–Crippen LogP) is 4.80. The Kier molecular flexibility index (Phi) is 7.50. The minimum Gasteiger partial charge on any atom is -0.306 e. The number of benzene rings is 2. The van der Waals surface area contributed by atoms with Crippen LogP contribution in [0.5, 0.6) is 0 Å². The number of nitrogens with one attached hydrogen (secondary N) is 3. The first-order valence-electron chi connectivity index (χ1n) is 9.23. The molecule has 0 aliphatic rings. The lowest BCUT2D eigenvalue weighted by Crippen LogP contribution is -2.34. The number of hydrogen-bond donors (Lipinski definition) is 4. The van der Waals surface area contributed by atoms with Gasteiger partial charge in [0.2, 0.25) is 0 Å². The van der Waals surface area contributed by atoms with Crippen molar-refractivity contribution >= 4 is 67.0 Å². The first-order chi connectivity index (χ1) is 14.8. The third kappa shape index (κ3) is 5.95. The minimum absolute atomic E-state index is 0.00303. The van der Waals surface area contributed by atoms with Crippen LogP contribution in [-0.2, 0) is 16.8 Å². The number of thiazole rings is 1. The van der Waals surface area contributed by atoms with Crippen LogP contribution in [-0.4, -0.2) is 31.4 Å². The number of urea groups is 1. The summed E-state index contributed by atoms with van der Waals surface area (Å²) >= 11 is 5.41. The van der Waals surface area contributed by atoms with Crippen molar-refractivity contribution in [1.29, 1.82) is 5.41 Å². The summed E-state index contributed by atoms with van der Waals surface area (Å²) in [6.07, 6.45) is 1.43. The molecular weight excluding hydrogens is 460 g/mol. The zero-order chi connectivity index (χ0) is 22.5. The molecule has 162 valence electrons. The first kappa shape index (κ1) is 23.0. The quantitative estimate of drug-likeness (QED) is 0.286. The van der Waals surface area contributed by atoms with E-state index < -0.39 is 23.0 Å². The predicted molar refractivity (Wildman–Crippen MR) is 124 cm³/mol. The van der Waals surface area contributed by atoms with Crippen molar-refractivity contribution in [2.24, 2.45) is 0 Å². The minimum atomic E-state index is -1.95. The van der Waals surface area contributed by atoms with Crippen LogP contribution in [0.15, 0.2) is 36.4 Å². The molecule has 1 heterocycles. The standard InChI is InChI=1S/C20H19ClN4O4S2/c1-2-3-15(22)12-5-6-13(14(21)9-12)18(26)24-19(27)25-20-23-16-7-4-11(10-31(28)29)8-17(16)30-20/h4-9,22H,2-3,10H2,1H3,(H,28,29)(H2,23,24,25,26,27). The second kappa shape index (κ2) is 10.1. The van der Waals surface area contributed by atoms with Crippen molar-refractivity contribution in [1.82, 2.24) is 10.3 Å². The molecule has 0 spiro atoms. The van der Waals surface area contributed by atoms with Gasteiger partial charge in [0.15, 0.2) is 16.2 Å². The van der Waals surface area contributed by atoms with Gasteiger partial charge < -0.3 is 9.96 Å². The van der Waals surface area contributed by atoms with E-state index in [1.807, 2.05) is 6.92 Å². The molecule has 0 bridgehead atoms. The van der Waals surface area contributed by atoms with Gasteiger partial charge in [0, 0.05) is 5.71 Å². The van der Waals surface area contributed by atoms with Gasteiger partial charge in [0.1, 0.15) is 0 Å². The van der Waals surface area contributed by atoms with Gasteiger partial charge in [-0.1, -0.05) is 48.4 Å². The summed E-state index contributed by atoms with van der Waals surface area (Å²) in [5.74, 6) is -0.673. The number of anilines is 1. The Balaban J connectivity index is 1.67. The smallest absolute Gasteiger partial charge is 0.306 e. The molecule has 3 aromatic rings. The Morgan fingerprint density at radius 1 is 1.26 bits per heavy atom. The van der Waals surface area contributed by atoms with E-state index in [1.54, 1.807) is 24.3 Å². The normalized spacial score (nSPS) is 11.8. The highest BCUT2D eigenvalue weighted by molar-refractivity contribution is 7.78. The lowest BCUT2D eigenvalue weighted by atomic mass is 10.0. The zero-order valence-corrected chi connectivity index (χ0v) is 18.8. The summed E-state index contributed by atoms with van der Waals surface area (Å²) in [5, 5.41) is 13.1. The molecule has 0 saturated carbocycles. The number of fused-ring (bicyclic) bond motifs is 1. The van der Waals surface area contributed by atoms with Crippen LogP contribution >= 0.6 is 22.9 Å². The van der Waals surface area contributed by atoms with E-state index in [4.69, 9.17) is 21.6 Å². The Hall–Kier alpha value is -2.66. The summed E-state index contributed by atoms with van der Waals surface area (Å²) < 4.78 is 20.7. The molecule has 31 heavy (non-hydrogen) atoms. The maximum absolute atomic E-state index is 12.4. The van der Waals surface area contributed by atoms with Gasteiger partial charge in [0.05, 0.1) is 26.6 Å². The molecule has 4 N–H and O–H groups in total. The summed E-state index contributed by atoms with van der Waals surface area (Å²) in [4.78, 5) is 28.9. The van der Waals surface area contributed by atoms with Crippen LogP contribution in [0.25, 0.3) is 10.2 Å². The molecule has 8 nitrogen and oxygen atoms in total. The van der Waals surface area contributed by atoms with Crippen LogP contribution < -0.4 is 10.6 Å². The molecular formula is C20H19ClN4O4S2. The fraction of sp³-hybridized carbons (Fsp3) is 0.200. The topological polar surface area (TPSA) is 132 Å². The second-order valence-corrected chi connectivity index (χ2v) is 8.99. The number of imide groups is 1. The molecule has 1 atom stereocenters. The van der Waals surface area contributed by atoms with Gasteiger partial charge in [-0.05, 0) is 41.8 Å². The van der Waals surface area contributed by atoms with Gasteiger partial charge in [0.25, 0.3) is 5.91 Å². The average molecular weight is 479 g/mol. The third-order valence-corrected chi connectivity index (χ3v) is 6.08. The Morgan fingerprint density at radius 2 is 2.03 bits per heavy atom. The molecule has 3 amide bonds. The van der Waals surface area contributed by atoms with Gasteiger partial charge in [-0.2, -0.15) is 0 Å². The highest BCUT2D eigenvalue weighted by atomic mass is 35.5. The van der Waals surface area contributed by atoms with E-state index in [-0.39, 0.29) is 21.5 Å². The number of hydrogen-bond acceptors (Lipinski definition) is 6. The SMILES string of the molecule is CCCC(=N)c1ccc(C(=O)NC(=O)Nc2nc3ccc(CS(=O)O)cc3s2)c(Cl)c1. The van der Waals surface area contributed by atoms with Gasteiger partial charge >= 0.3 is 6.03 Å². The largest absolute Gasteiger partial charge is 0.327 e. The number of rotatable bonds is 7. The molecule has 1 aromatic heterocycles. The Morgan fingerprint density at radius 3 is 2.71 bits per heavy atom. The van der Waals surface area contributed by atoms with Crippen molar-refractivity contribution < 1.29 is 18.4 Å². The lowest BCUT2D eigenvalue weighted by Gasteiger charge is -2.08. The second-order valence-electron chi connectivity index (χ2n) is 6.62. The Labute approximate surface area is 189 Å². The summed E-state index contributed by atoms with van der Waals surface area (Å²) in [7, 11) is 0. The van der Waals surface area contributed by atoms with Gasteiger partial charge in [-0.25, -0.2) is 14.0 Å². The number of halogens is 1. The average Bonchev–Trinajstić information content (AvgIpc) is 3.08. The maximum Gasteiger partial charge on any atom is 0.327 e. The fourth-order valence-corrected chi connectivity index (χ4v) is 4.49. The number of nitrogens with zero attached hydrogens (tertiary/aromatic N) is 1. The molecule has 0 aliphatic carbocycles. The maximum atomic E-state index is 12.4. The molecule has 0 radical (unpaired) electrons. The number of carbonyl (C=O) groups is 2. The van der Waals surface area contributed by atoms with Crippen LogP contribution in [0, 0.1) is 5.41 Å². The van der Waals surface area contributed by atoms with Crippen LogP contribution in [0.2, 0.25) is 5.02 Å². The van der Waals surface area contributed by atoms with E-state index in [9.17, 15) is 13.8 Å². The molecule has 0 fully saturated rings. The molecule has 0 saturated heterocycles. The van der Waals surface area contributed by atoms with Crippen molar-refractivity contribution in [3.8, 4) is 0 Å². The summed E-state index contributed by atoms with van der Waals surface area (Å²) in [6.45, 7) is 1.97. The fourth-order valence-electron chi connectivity index (χ4n) is 2.83. The molecule has 11 heteroatoms. The Bertz CT molecular complexity index is 1200. The summed E-state index contributed by atoms with van der Waals surface area (Å²) in [5.41, 5.74) is 2.47. The highest BCUT2D eigenvalue weighted by Gasteiger charge is 2.16. The zero-order valence-electron chi connectivity index (χ0n) is 16.4. The number of carbonyl (C=O) groups excluding carboxylic acids is 2. The third-order valence-electron chi connectivity index (χ3n) is 4.25. The van der Waals surface area contributed by atoms with E-state index in [0.29, 0.717) is 28.8 Å². The van der Waals surface area contributed by atoms with Crippen LogP contribution in [0.3, 0.4) is 0 Å². The monoisotopic (exact) mass is 478 g/mol. The number of aromatic nitrogens is 1. The van der Waals surface area contributed by atoms with Crippen molar-refractivity contribution in [3.05, 3.63) is 58.1 Å². The van der Waals surface area contributed by atoms with Crippen molar-refractivity contribution in [2.75, 3.05) is 5.32 Å². The van der Waals surface area contributed by atoms with Gasteiger partial charge in [-0.15, -0.1) is 0 Å². The van der Waals surface area contributed by atoms with E-state index in [0.717, 1.165) is 11.1 Å². The van der Waals surface area contributed by atoms with Gasteiger partial charge in [-0.3, -0.25) is 15.4 Å². The van der Waals surface area contributed by atoms with Crippen LogP contribution in [0.1, 0.15) is 41.3 Å². The number of amides is 3. The molecule has 0 aliphatic heterocycles. The molecule has 3 rings (SSSR count). The summed E-state index contributed by atoms with van der Waals surface area (Å²) in [6, 6.07) is 8.99. The first-order valence-corrected chi connectivity index (χ1v) is 11.7. The van der Waals surface area contributed by atoms with Crippen molar-refractivity contribution in [2.45, 2.75) is 25.5 Å². The molecule has 2 aromatic carbocycles. The molecule has 1 unspecified atom stereocenters. The highest BCUT2D eigenvalue weighted by Crippen LogP contribution is 2.27. The van der Waals surface area contributed by atoms with Crippen molar-refractivity contribution in [3.63, 3.8) is 0 Å².